The minimum absolute atomic E-state index is 0.0216. The maximum absolute atomic E-state index is 12.0. The highest BCUT2D eigenvalue weighted by molar-refractivity contribution is 5.57. The molecule has 1 aromatic carbocycles. The lowest BCUT2D eigenvalue weighted by molar-refractivity contribution is 0.216. The lowest BCUT2D eigenvalue weighted by atomic mass is 10.1. The van der Waals surface area contributed by atoms with Crippen molar-refractivity contribution in [2.75, 3.05) is 19.6 Å². The van der Waals surface area contributed by atoms with Crippen LogP contribution in [-0.4, -0.2) is 34.3 Å². The van der Waals surface area contributed by atoms with Gasteiger partial charge in [-0.15, -0.1) is 0 Å². The van der Waals surface area contributed by atoms with Crippen molar-refractivity contribution >= 4 is 0 Å². The largest absolute Gasteiger partial charge is 0.301 e. The molecule has 4 nitrogen and oxygen atoms in total. The number of piperidine rings is 1. The van der Waals surface area contributed by atoms with Crippen molar-refractivity contribution in [2.45, 2.75) is 25.8 Å². The van der Waals surface area contributed by atoms with Crippen LogP contribution in [0.4, 0.5) is 0 Å². The molecule has 21 heavy (non-hydrogen) atoms. The standard InChI is InChI=1S/C17H21N3O/c21-17-10-9-16(15-7-3-1-4-8-15)18-20(17)14-13-19-11-5-2-6-12-19/h1,3-4,7-10H,2,5-6,11-14H2. The molecule has 3 rings (SSSR count). The van der Waals surface area contributed by atoms with E-state index in [0.29, 0.717) is 6.54 Å². The number of likely N-dealkylation sites (tertiary alicyclic amines) is 1. The van der Waals surface area contributed by atoms with Gasteiger partial charge in [0.25, 0.3) is 5.56 Å². The third-order valence-corrected chi connectivity index (χ3v) is 4.01. The Morgan fingerprint density at radius 2 is 1.67 bits per heavy atom. The Kier molecular flexibility index (Phi) is 4.46. The first-order chi connectivity index (χ1) is 10.3. The zero-order valence-electron chi connectivity index (χ0n) is 12.2. The Labute approximate surface area is 125 Å². The van der Waals surface area contributed by atoms with E-state index in [1.807, 2.05) is 30.3 Å². The van der Waals surface area contributed by atoms with Crippen molar-refractivity contribution in [1.82, 2.24) is 14.7 Å². The minimum Gasteiger partial charge on any atom is -0.301 e. The summed E-state index contributed by atoms with van der Waals surface area (Å²) in [6.45, 7) is 3.87. The number of nitrogens with zero attached hydrogens (tertiary/aromatic N) is 3. The molecule has 0 spiro atoms. The Hall–Kier alpha value is -1.94. The highest BCUT2D eigenvalue weighted by Crippen LogP contribution is 2.14. The smallest absolute Gasteiger partial charge is 0.266 e. The van der Waals surface area contributed by atoms with E-state index in [4.69, 9.17) is 0 Å². The fourth-order valence-corrected chi connectivity index (χ4v) is 2.79. The Balaban J connectivity index is 1.74. The second-order valence-corrected chi connectivity index (χ2v) is 5.55. The third-order valence-electron chi connectivity index (χ3n) is 4.01. The van der Waals surface area contributed by atoms with Gasteiger partial charge in [-0.25, -0.2) is 4.68 Å². The molecule has 0 saturated carbocycles. The third kappa shape index (κ3) is 3.58. The molecule has 0 atom stereocenters. The molecule has 0 radical (unpaired) electrons. The van der Waals surface area contributed by atoms with Crippen LogP contribution in [0.2, 0.25) is 0 Å². The topological polar surface area (TPSA) is 38.1 Å². The second kappa shape index (κ2) is 6.68. The maximum atomic E-state index is 12.0. The minimum atomic E-state index is -0.0216. The molecular weight excluding hydrogens is 262 g/mol. The molecule has 2 aromatic rings. The van der Waals surface area contributed by atoms with E-state index in [-0.39, 0.29) is 5.56 Å². The van der Waals surface area contributed by atoms with Crippen LogP contribution in [0, 0.1) is 0 Å². The number of rotatable bonds is 4. The van der Waals surface area contributed by atoms with Crippen LogP contribution >= 0.6 is 0 Å². The molecule has 1 aliphatic heterocycles. The summed E-state index contributed by atoms with van der Waals surface area (Å²) >= 11 is 0. The van der Waals surface area contributed by atoms with E-state index in [1.165, 1.54) is 19.3 Å². The lowest BCUT2D eigenvalue weighted by Crippen LogP contribution is -2.35. The van der Waals surface area contributed by atoms with E-state index in [0.717, 1.165) is 30.9 Å². The Bertz CT molecular complexity index is 630. The predicted molar refractivity (Wildman–Crippen MR) is 84.2 cm³/mol. The van der Waals surface area contributed by atoms with Gasteiger partial charge in [0.05, 0.1) is 12.2 Å². The van der Waals surface area contributed by atoms with E-state index in [9.17, 15) is 4.79 Å². The molecule has 1 saturated heterocycles. The van der Waals surface area contributed by atoms with Gasteiger partial charge in [0.2, 0.25) is 0 Å². The number of aromatic nitrogens is 2. The molecule has 0 aliphatic carbocycles. The highest BCUT2D eigenvalue weighted by atomic mass is 16.1. The quantitative estimate of drug-likeness (QED) is 0.865. The molecule has 1 aromatic heterocycles. The first-order valence-corrected chi connectivity index (χ1v) is 7.69. The maximum Gasteiger partial charge on any atom is 0.266 e. The van der Waals surface area contributed by atoms with Crippen LogP contribution in [0.15, 0.2) is 47.3 Å². The summed E-state index contributed by atoms with van der Waals surface area (Å²) in [6, 6.07) is 13.4. The summed E-state index contributed by atoms with van der Waals surface area (Å²) in [6.07, 6.45) is 3.87. The van der Waals surface area contributed by atoms with Crippen molar-refractivity contribution in [3.05, 3.63) is 52.8 Å². The molecule has 1 aliphatic rings. The predicted octanol–water partition coefficient (Wildman–Crippen LogP) is 2.40. The van der Waals surface area contributed by atoms with E-state index >= 15 is 0 Å². The van der Waals surface area contributed by atoms with Gasteiger partial charge in [-0.3, -0.25) is 4.79 Å². The summed E-state index contributed by atoms with van der Waals surface area (Å²) in [5, 5.41) is 4.50. The van der Waals surface area contributed by atoms with Crippen molar-refractivity contribution in [1.29, 1.82) is 0 Å². The number of hydrogen-bond donors (Lipinski definition) is 0. The summed E-state index contributed by atoms with van der Waals surface area (Å²) in [5.74, 6) is 0. The van der Waals surface area contributed by atoms with Gasteiger partial charge in [0.15, 0.2) is 0 Å². The first-order valence-electron chi connectivity index (χ1n) is 7.69. The van der Waals surface area contributed by atoms with Crippen LogP contribution in [0.5, 0.6) is 0 Å². The molecule has 0 bridgehead atoms. The normalized spacial score (nSPS) is 16.0. The van der Waals surface area contributed by atoms with E-state index in [2.05, 4.69) is 10.00 Å². The summed E-state index contributed by atoms with van der Waals surface area (Å²) in [7, 11) is 0. The molecule has 1 fully saturated rings. The van der Waals surface area contributed by atoms with Crippen LogP contribution in [0.1, 0.15) is 19.3 Å². The van der Waals surface area contributed by atoms with Gasteiger partial charge >= 0.3 is 0 Å². The van der Waals surface area contributed by atoms with Crippen molar-refractivity contribution in [3.8, 4) is 11.3 Å². The van der Waals surface area contributed by atoms with E-state index < -0.39 is 0 Å². The van der Waals surface area contributed by atoms with Crippen molar-refractivity contribution in [2.24, 2.45) is 0 Å². The Morgan fingerprint density at radius 1 is 0.905 bits per heavy atom. The average molecular weight is 283 g/mol. The van der Waals surface area contributed by atoms with Gasteiger partial charge in [-0.1, -0.05) is 36.8 Å². The van der Waals surface area contributed by atoms with Crippen LogP contribution in [-0.2, 0) is 6.54 Å². The number of benzene rings is 1. The summed E-state index contributed by atoms with van der Waals surface area (Å²) in [4.78, 5) is 14.4. The zero-order valence-corrected chi connectivity index (χ0v) is 12.2. The monoisotopic (exact) mass is 283 g/mol. The van der Waals surface area contributed by atoms with Gasteiger partial charge in [0, 0.05) is 18.2 Å². The van der Waals surface area contributed by atoms with Gasteiger partial charge in [0.1, 0.15) is 0 Å². The molecule has 110 valence electrons. The van der Waals surface area contributed by atoms with Gasteiger partial charge in [-0.2, -0.15) is 5.10 Å². The molecule has 0 N–H and O–H groups in total. The van der Waals surface area contributed by atoms with Crippen LogP contribution in [0.3, 0.4) is 0 Å². The zero-order chi connectivity index (χ0) is 14.5. The lowest BCUT2D eigenvalue weighted by Gasteiger charge is -2.26. The fourth-order valence-electron chi connectivity index (χ4n) is 2.79. The first kappa shape index (κ1) is 14.0. The molecule has 0 amide bonds. The van der Waals surface area contributed by atoms with Gasteiger partial charge < -0.3 is 4.90 Å². The van der Waals surface area contributed by atoms with Gasteiger partial charge in [-0.05, 0) is 32.0 Å². The van der Waals surface area contributed by atoms with E-state index in [1.54, 1.807) is 16.8 Å². The van der Waals surface area contributed by atoms with Crippen LogP contribution in [0.25, 0.3) is 11.3 Å². The Morgan fingerprint density at radius 3 is 2.43 bits per heavy atom. The second-order valence-electron chi connectivity index (χ2n) is 5.55. The molecular formula is C17H21N3O. The average Bonchev–Trinajstić information content (AvgIpc) is 2.56. The molecule has 0 unspecified atom stereocenters. The molecule has 4 heteroatoms. The van der Waals surface area contributed by atoms with Crippen LogP contribution < -0.4 is 5.56 Å². The number of hydrogen-bond acceptors (Lipinski definition) is 3. The molecule has 2 heterocycles. The SMILES string of the molecule is O=c1ccc(-c2ccccc2)nn1CCN1CCCCC1. The van der Waals surface area contributed by atoms with Crippen molar-refractivity contribution in [3.63, 3.8) is 0 Å². The fraction of sp³-hybridized carbons (Fsp3) is 0.412. The van der Waals surface area contributed by atoms with Crippen molar-refractivity contribution < 1.29 is 0 Å². The summed E-state index contributed by atoms with van der Waals surface area (Å²) < 4.78 is 1.59. The summed E-state index contributed by atoms with van der Waals surface area (Å²) in [5.41, 5.74) is 1.88. The highest BCUT2D eigenvalue weighted by Gasteiger charge is 2.10.